The molecule has 0 aliphatic carbocycles. The number of hydrogen-bond donors (Lipinski definition) is 3. The Balaban J connectivity index is 2.54. The first-order valence-corrected chi connectivity index (χ1v) is 4.92. The van der Waals surface area contributed by atoms with Crippen LogP contribution in [0, 0.1) is 6.92 Å². The van der Waals surface area contributed by atoms with E-state index in [2.05, 4.69) is 10.4 Å². The van der Waals surface area contributed by atoms with Gasteiger partial charge in [0, 0.05) is 25.3 Å². The zero-order valence-electron chi connectivity index (χ0n) is 9.80. The van der Waals surface area contributed by atoms with E-state index in [4.69, 9.17) is 5.11 Å². The lowest BCUT2D eigenvalue weighted by Crippen LogP contribution is -2.33. The third-order valence-corrected chi connectivity index (χ3v) is 1.86. The van der Waals surface area contributed by atoms with Gasteiger partial charge >= 0.3 is 12.0 Å². The summed E-state index contributed by atoms with van der Waals surface area (Å²) in [5.41, 5.74) is 0.713. The van der Waals surface area contributed by atoms with Crippen LogP contribution in [0.5, 0.6) is 0 Å². The Bertz CT molecular complexity index is 518. The molecule has 0 aliphatic rings. The van der Waals surface area contributed by atoms with Gasteiger partial charge in [0.05, 0.1) is 5.69 Å². The lowest BCUT2D eigenvalue weighted by molar-refractivity contribution is -0.131. The van der Waals surface area contributed by atoms with Gasteiger partial charge in [-0.2, -0.15) is 5.10 Å². The van der Waals surface area contributed by atoms with Gasteiger partial charge in [-0.25, -0.2) is 9.59 Å². The fourth-order valence-electron chi connectivity index (χ4n) is 1.18. The van der Waals surface area contributed by atoms with Crippen LogP contribution in [0.3, 0.4) is 0 Å². The number of nitrogens with zero attached hydrogens (tertiary/aromatic N) is 2. The molecule has 0 saturated carbocycles. The normalized spacial score (nSPS) is 10.3. The molecule has 8 nitrogen and oxygen atoms in total. The summed E-state index contributed by atoms with van der Waals surface area (Å²) in [7, 11) is 1.63. The molecule has 3 N–H and O–H groups in total. The number of anilines is 1. The van der Waals surface area contributed by atoms with Crippen LogP contribution in [-0.4, -0.2) is 32.8 Å². The number of aromatic nitrogens is 2. The first-order valence-electron chi connectivity index (χ1n) is 4.92. The highest BCUT2D eigenvalue weighted by Gasteiger charge is 2.08. The van der Waals surface area contributed by atoms with Gasteiger partial charge < -0.3 is 5.11 Å². The van der Waals surface area contributed by atoms with Crippen molar-refractivity contribution < 1.29 is 19.5 Å². The van der Waals surface area contributed by atoms with Gasteiger partial charge in [0.25, 0.3) is 5.91 Å². The Morgan fingerprint density at radius 2 is 2.06 bits per heavy atom. The molecule has 0 spiro atoms. The van der Waals surface area contributed by atoms with Gasteiger partial charge in [0.2, 0.25) is 0 Å². The summed E-state index contributed by atoms with van der Waals surface area (Å²) in [6.07, 6.45) is 1.38. The highest BCUT2D eigenvalue weighted by Crippen LogP contribution is 2.07. The number of aryl methyl sites for hydroxylation is 2. The fraction of sp³-hybridized carbons (Fsp3) is 0.200. The molecule has 96 valence electrons. The standard InChI is InChI=1S/C10H12N4O4/c1-6-5-7(14(2)13-6)11-10(18)12-8(15)3-4-9(16)17/h3-5H,1-2H3,(H,16,17)(H2,11,12,15,18)/b4-3+. The largest absolute Gasteiger partial charge is 0.478 e. The Hall–Kier alpha value is -2.64. The number of rotatable bonds is 3. The Morgan fingerprint density at radius 1 is 1.39 bits per heavy atom. The van der Waals surface area contributed by atoms with Gasteiger partial charge in [-0.05, 0) is 6.92 Å². The molecular formula is C10H12N4O4. The lowest BCUT2D eigenvalue weighted by atomic mass is 10.4. The molecule has 0 radical (unpaired) electrons. The molecule has 1 aromatic heterocycles. The minimum absolute atomic E-state index is 0.417. The van der Waals surface area contributed by atoms with E-state index in [1.165, 1.54) is 4.68 Å². The molecule has 0 bridgehead atoms. The van der Waals surface area contributed by atoms with Crippen LogP contribution in [0.25, 0.3) is 0 Å². The topological polar surface area (TPSA) is 113 Å². The fourth-order valence-corrected chi connectivity index (χ4v) is 1.18. The summed E-state index contributed by atoms with van der Waals surface area (Å²) in [4.78, 5) is 32.6. The maximum absolute atomic E-state index is 11.4. The molecule has 0 unspecified atom stereocenters. The van der Waals surface area contributed by atoms with Crippen LogP contribution in [0.2, 0.25) is 0 Å². The highest BCUT2D eigenvalue weighted by molar-refractivity contribution is 6.06. The molecule has 0 saturated heterocycles. The van der Waals surface area contributed by atoms with Crippen molar-refractivity contribution in [3.05, 3.63) is 23.9 Å². The number of nitrogens with one attached hydrogen (secondary N) is 2. The monoisotopic (exact) mass is 252 g/mol. The number of hydrogen-bond acceptors (Lipinski definition) is 4. The van der Waals surface area contributed by atoms with E-state index in [-0.39, 0.29) is 0 Å². The van der Waals surface area contributed by atoms with E-state index < -0.39 is 17.9 Å². The number of carbonyl (C=O) groups excluding carboxylic acids is 2. The van der Waals surface area contributed by atoms with E-state index >= 15 is 0 Å². The molecule has 8 heteroatoms. The molecule has 1 aromatic rings. The van der Waals surface area contributed by atoms with Crippen LogP contribution in [0.4, 0.5) is 10.6 Å². The van der Waals surface area contributed by atoms with E-state index in [0.29, 0.717) is 17.6 Å². The number of imide groups is 1. The predicted octanol–water partition coefficient (Wildman–Crippen LogP) is 0.0174. The predicted molar refractivity (Wildman–Crippen MR) is 61.9 cm³/mol. The van der Waals surface area contributed by atoms with Crippen LogP contribution < -0.4 is 10.6 Å². The summed E-state index contributed by atoms with van der Waals surface area (Å²) in [5, 5.41) is 16.6. The van der Waals surface area contributed by atoms with Crippen molar-refractivity contribution in [1.29, 1.82) is 0 Å². The number of urea groups is 1. The number of amides is 3. The van der Waals surface area contributed by atoms with Gasteiger partial charge in [-0.1, -0.05) is 0 Å². The van der Waals surface area contributed by atoms with Crippen LogP contribution in [-0.2, 0) is 16.6 Å². The smallest absolute Gasteiger partial charge is 0.328 e. The minimum atomic E-state index is -1.27. The summed E-state index contributed by atoms with van der Waals surface area (Å²) in [5.74, 6) is -1.68. The molecule has 0 aromatic carbocycles. The van der Waals surface area contributed by atoms with Crippen molar-refractivity contribution >= 4 is 23.7 Å². The van der Waals surface area contributed by atoms with Crippen molar-refractivity contribution in [3.8, 4) is 0 Å². The van der Waals surface area contributed by atoms with E-state index in [0.717, 1.165) is 6.08 Å². The SMILES string of the molecule is Cc1cc(NC(=O)NC(=O)/C=C/C(=O)O)n(C)n1. The van der Waals surface area contributed by atoms with Crippen LogP contribution in [0.15, 0.2) is 18.2 Å². The average molecular weight is 252 g/mol. The van der Waals surface area contributed by atoms with E-state index in [1.54, 1.807) is 20.0 Å². The molecule has 1 rings (SSSR count). The van der Waals surface area contributed by atoms with Crippen molar-refractivity contribution in [1.82, 2.24) is 15.1 Å². The molecule has 18 heavy (non-hydrogen) atoms. The first-order chi connectivity index (χ1) is 8.38. The molecule has 0 atom stereocenters. The zero-order valence-corrected chi connectivity index (χ0v) is 9.80. The van der Waals surface area contributed by atoms with Gasteiger partial charge in [-0.15, -0.1) is 0 Å². The second-order valence-corrected chi connectivity index (χ2v) is 3.41. The third kappa shape index (κ3) is 4.08. The van der Waals surface area contributed by atoms with Crippen molar-refractivity contribution in [3.63, 3.8) is 0 Å². The third-order valence-electron chi connectivity index (χ3n) is 1.86. The summed E-state index contributed by atoms with van der Waals surface area (Å²) in [6.45, 7) is 1.75. The molecular weight excluding hydrogens is 240 g/mol. The minimum Gasteiger partial charge on any atom is -0.478 e. The highest BCUT2D eigenvalue weighted by atomic mass is 16.4. The Kier molecular flexibility index (Phi) is 4.19. The van der Waals surface area contributed by atoms with E-state index in [1.807, 2.05) is 5.32 Å². The summed E-state index contributed by atoms with van der Waals surface area (Å²) < 4.78 is 1.44. The molecule has 3 amide bonds. The van der Waals surface area contributed by atoms with Crippen molar-refractivity contribution in [2.24, 2.45) is 7.05 Å². The van der Waals surface area contributed by atoms with E-state index in [9.17, 15) is 14.4 Å². The maximum Gasteiger partial charge on any atom is 0.328 e. The lowest BCUT2D eigenvalue weighted by Gasteiger charge is -2.04. The second-order valence-electron chi connectivity index (χ2n) is 3.41. The van der Waals surface area contributed by atoms with Gasteiger partial charge in [0.1, 0.15) is 5.82 Å². The summed E-state index contributed by atoms with van der Waals surface area (Å²) in [6, 6.07) is 0.856. The van der Waals surface area contributed by atoms with Crippen molar-refractivity contribution in [2.45, 2.75) is 6.92 Å². The maximum atomic E-state index is 11.4. The first kappa shape index (κ1) is 13.4. The number of carboxylic acids is 1. The molecule has 0 aliphatic heterocycles. The zero-order chi connectivity index (χ0) is 13.7. The second kappa shape index (κ2) is 5.62. The average Bonchev–Trinajstić information content (AvgIpc) is 2.54. The van der Waals surface area contributed by atoms with Crippen molar-refractivity contribution in [2.75, 3.05) is 5.32 Å². The van der Waals surface area contributed by atoms with Gasteiger partial charge in [0.15, 0.2) is 0 Å². The summed E-state index contributed by atoms with van der Waals surface area (Å²) >= 11 is 0. The van der Waals surface area contributed by atoms with Crippen LogP contribution >= 0.6 is 0 Å². The molecule has 0 fully saturated rings. The van der Waals surface area contributed by atoms with Crippen LogP contribution in [0.1, 0.15) is 5.69 Å². The van der Waals surface area contributed by atoms with Gasteiger partial charge in [-0.3, -0.25) is 20.1 Å². The Labute approximate surface area is 102 Å². The Morgan fingerprint density at radius 3 is 2.56 bits per heavy atom. The number of carbonyl (C=O) groups is 3. The quantitative estimate of drug-likeness (QED) is 0.656. The number of carboxylic acid groups (broad SMARTS) is 1. The number of aliphatic carboxylic acids is 1. The molecule has 1 heterocycles.